The zero-order chi connectivity index (χ0) is 14.0. The lowest BCUT2D eigenvalue weighted by atomic mass is 10.1. The lowest BCUT2D eigenvalue weighted by molar-refractivity contribution is 0.456. The fourth-order valence-electron chi connectivity index (χ4n) is 1.65. The summed E-state index contributed by atoms with van der Waals surface area (Å²) in [7, 11) is 0. The highest BCUT2D eigenvalue weighted by atomic mass is 35.5. The van der Waals surface area contributed by atoms with Gasteiger partial charge in [0.1, 0.15) is 17.2 Å². The average molecular weight is 318 g/mol. The molecule has 0 unspecified atom stereocenters. The molecule has 19 heavy (non-hydrogen) atoms. The highest BCUT2D eigenvalue weighted by molar-refractivity contribution is 6.32. The van der Waals surface area contributed by atoms with Crippen LogP contribution >= 0.6 is 34.8 Å². The minimum absolute atomic E-state index is 0.181. The molecule has 2 aromatic rings. The summed E-state index contributed by atoms with van der Waals surface area (Å²) in [5.41, 5.74) is 2.43. The molecule has 0 N–H and O–H groups in total. The van der Waals surface area contributed by atoms with Crippen LogP contribution in [-0.4, -0.2) is 9.97 Å². The highest BCUT2D eigenvalue weighted by Crippen LogP contribution is 2.31. The van der Waals surface area contributed by atoms with E-state index in [1.165, 1.54) is 6.33 Å². The van der Waals surface area contributed by atoms with Crippen LogP contribution in [0, 0.1) is 13.8 Å². The van der Waals surface area contributed by atoms with Crippen LogP contribution in [0.25, 0.3) is 0 Å². The van der Waals surface area contributed by atoms with E-state index in [0.29, 0.717) is 22.3 Å². The lowest BCUT2D eigenvalue weighted by Crippen LogP contribution is -1.96. The van der Waals surface area contributed by atoms with E-state index in [1.807, 2.05) is 26.0 Å². The third-order valence-electron chi connectivity index (χ3n) is 2.61. The normalized spacial score (nSPS) is 10.6. The maximum atomic E-state index is 6.11. The highest BCUT2D eigenvalue weighted by Gasteiger charge is 2.12. The third-order valence-corrected chi connectivity index (χ3v) is 3.80. The Morgan fingerprint density at radius 1 is 1.11 bits per heavy atom. The first-order valence-corrected chi connectivity index (χ1v) is 6.82. The molecule has 100 valence electrons. The molecule has 0 atom stereocenters. The zero-order valence-corrected chi connectivity index (χ0v) is 12.6. The van der Waals surface area contributed by atoms with Crippen LogP contribution in [0.1, 0.15) is 16.7 Å². The van der Waals surface area contributed by atoms with E-state index >= 15 is 0 Å². The van der Waals surface area contributed by atoms with E-state index in [1.54, 1.807) is 0 Å². The van der Waals surface area contributed by atoms with Gasteiger partial charge < -0.3 is 4.74 Å². The van der Waals surface area contributed by atoms with Crippen molar-refractivity contribution in [3.8, 4) is 11.6 Å². The number of halogens is 3. The quantitative estimate of drug-likeness (QED) is 0.594. The van der Waals surface area contributed by atoms with Gasteiger partial charge >= 0.3 is 0 Å². The van der Waals surface area contributed by atoms with Gasteiger partial charge in [0.15, 0.2) is 0 Å². The van der Waals surface area contributed by atoms with Gasteiger partial charge in [0.25, 0.3) is 0 Å². The van der Waals surface area contributed by atoms with Crippen LogP contribution in [0.3, 0.4) is 0 Å². The lowest BCUT2D eigenvalue weighted by Gasteiger charge is -2.11. The molecule has 0 bridgehead atoms. The van der Waals surface area contributed by atoms with Crippen molar-refractivity contribution in [2.24, 2.45) is 0 Å². The molecule has 1 aromatic heterocycles. The first kappa shape index (κ1) is 14.4. The van der Waals surface area contributed by atoms with Crippen LogP contribution in [0.2, 0.25) is 10.2 Å². The van der Waals surface area contributed by atoms with E-state index in [0.717, 1.165) is 16.1 Å². The number of alkyl halides is 1. The number of ether oxygens (including phenoxy) is 1. The Hall–Kier alpha value is -1.03. The van der Waals surface area contributed by atoms with Crippen LogP contribution in [-0.2, 0) is 5.88 Å². The number of hydrogen-bond acceptors (Lipinski definition) is 3. The second kappa shape index (κ2) is 5.95. The van der Waals surface area contributed by atoms with Crippen molar-refractivity contribution in [1.29, 1.82) is 0 Å². The summed E-state index contributed by atoms with van der Waals surface area (Å²) in [5, 5.41) is 1.02. The topological polar surface area (TPSA) is 35.0 Å². The zero-order valence-electron chi connectivity index (χ0n) is 10.4. The molecule has 1 aromatic carbocycles. The molecule has 0 aliphatic heterocycles. The number of aromatic nitrogens is 2. The molecule has 0 saturated heterocycles. The minimum Gasteiger partial charge on any atom is -0.439 e. The molecule has 0 aliphatic rings. The SMILES string of the molecule is Cc1cc(Oc2ncnc(Cl)c2CCl)cc(C)c1Cl. The molecule has 6 heteroatoms. The van der Waals surface area contributed by atoms with Crippen molar-refractivity contribution in [1.82, 2.24) is 9.97 Å². The molecular formula is C13H11Cl3N2O. The number of aryl methyl sites for hydroxylation is 2. The molecule has 3 nitrogen and oxygen atoms in total. The van der Waals surface area contributed by atoms with Gasteiger partial charge in [-0.1, -0.05) is 23.2 Å². The molecule has 1 heterocycles. The molecule has 2 rings (SSSR count). The maximum Gasteiger partial charge on any atom is 0.228 e. The van der Waals surface area contributed by atoms with Gasteiger partial charge in [0.05, 0.1) is 11.4 Å². The van der Waals surface area contributed by atoms with E-state index < -0.39 is 0 Å². The van der Waals surface area contributed by atoms with Gasteiger partial charge in [-0.15, -0.1) is 11.6 Å². The summed E-state index contributed by atoms with van der Waals surface area (Å²) in [6.07, 6.45) is 1.34. The molecule has 0 aliphatic carbocycles. The summed E-state index contributed by atoms with van der Waals surface area (Å²) in [6.45, 7) is 3.83. The summed E-state index contributed by atoms with van der Waals surface area (Å²) in [5.74, 6) is 1.18. The van der Waals surface area contributed by atoms with Crippen LogP contribution in [0.4, 0.5) is 0 Å². The Morgan fingerprint density at radius 2 is 1.74 bits per heavy atom. The van der Waals surface area contributed by atoms with Crippen molar-refractivity contribution in [3.63, 3.8) is 0 Å². The molecule has 0 fully saturated rings. The van der Waals surface area contributed by atoms with E-state index in [9.17, 15) is 0 Å². The summed E-state index contributed by atoms with van der Waals surface area (Å²) < 4.78 is 5.72. The second-order valence-corrected chi connectivity index (χ2v) is 5.06. The molecule has 0 amide bonds. The Labute approximate surface area is 126 Å². The monoisotopic (exact) mass is 316 g/mol. The van der Waals surface area contributed by atoms with Crippen LogP contribution in [0.5, 0.6) is 11.6 Å². The minimum atomic E-state index is 0.181. The standard InChI is InChI=1S/C13H11Cl3N2O/c1-7-3-9(4-8(2)11(7)15)19-13-10(5-14)12(16)17-6-18-13/h3-4,6H,5H2,1-2H3. The Kier molecular flexibility index (Phi) is 4.50. The molecule has 0 saturated carbocycles. The van der Waals surface area contributed by atoms with Crippen molar-refractivity contribution in [3.05, 3.63) is 45.3 Å². The van der Waals surface area contributed by atoms with Gasteiger partial charge in [-0.2, -0.15) is 0 Å². The first-order valence-electron chi connectivity index (χ1n) is 5.53. The van der Waals surface area contributed by atoms with Crippen molar-refractivity contribution >= 4 is 34.8 Å². The first-order chi connectivity index (χ1) is 9.02. The van der Waals surface area contributed by atoms with Gasteiger partial charge in [0, 0.05) is 5.02 Å². The predicted molar refractivity (Wildman–Crippen MR) is 77.6 cm³/mol. The summed E-state index contributed by atoms with van der Waals surface area (Å²) >= 11 is 17.9. The fraction of sp³-hybridized carbons (Fsp3) is 0.231. The molecule has 0 spiro atoms. The van der Waals surface area contributed by atoms with Crippen LogP contribution < -0.4 is 4.74 Å². The number of rotatable bonds is 3. The van der Waals surface area contributed by atoms with Crippen molar-refractivity contribution in [2.45, 2.75) is 19.7 Å². The smallest absolute Gasteiger partial charge is 0.228 e. The Morgan fingerprint density at radius 3 is 2.32 bits per heavy atom. The van der Waals surface area contributed by atoms with Gasteiger partial charge in [0.2, 0.25) is 5.88 Å². The van der Waals surface area contributed by atoms with E-state index in [4.69, 9.17) is 39.5 Å². The summed E-state index contributed by atoms with van der Waals surface area (Å²) in [6, 6.07) is 3.67. The number of hydrogen-bond donors (Lipinski definition) is 0. The predicted octanol–water partition coefficient (Wildman–Crippen LogP) is 4.93. The largest absolute Gasteiger partial charge is 0.439 e. The number of benzene rings is 1. The molecular weight excluding hydrogens is 307 g/mol. The van der Waals surface area contributed by atoms with Crippen LogP contribution in [0.15, 0.2) is 18.5 Å². The van der Waals surface area contributed by atoms with E-state index in [-0.39, 0.29) is 5.88 Å². The third kappa shape index (κ3) is 3.11. The molecule has 0 radical (unpaired) electrons. The second-order valence-electron chi connectivity index (χ2n) is 4.05. The van der Waals surface area contributed by atoms with Crippen molar-refractivity contribution in [2.75, 3.05) is 0 Å². The summed E-state index contributed by atoms with van der Waals surface area (Å²) in [4.78, 5) is 7.92. The Bertz CT molecular complexity index is 594. The van der Waals surface area contributed by atoms with Crippen molar-refractivity contribution < 1.29 is 4.74 Å². The van der Waals surface area contributed by atoms with Gasteiger partial charge in [-0.25, -0.2) is 9.97 Å². The Balaban J connectivity index is 2.39. The van der Waals surface area contributed by atoms with E-state index in [2.05, 4.69) is 9.97 Å². The fourth-order valence-corrected chi connectivity index (χ4v) is 2.26. The average Bonchev–Trinajstić information content (AvgIpc) is 2.36. The van der Waals surface area contributed by atoms with Gasteiger partial charge in [-0.3, -0.25) is 0 Å². The van der Waals surface area contributed by atoms with Gasteiger partial charge in [-0.05, 0) is 37.1 Å². The maximum absolute atomic E-state index is 6.11. The number of nitrogens with zero attached hydrogens (tertiary/aromatic N) is 2.